The second-order valence-electron chi connectivity index (χ2n) is 8.07. The number of hydrogen-bond donors (Lipinski definition) is 1. The highest BCUT2D eigenvalue weighted by molar-refractivity contribution is 7.92. The molecule has 13 nitrogen and oxygen atoms in total. The summed E-state index contributed by atoms with van der Waals surface area (Å²) in [6.45, 7) is 0.232. The summed E-state index contributed by atoms with van der Waals surface area (Å²) >= 11 is 0. The van der Waals surface area contributed by atoms with E-state index in [4.69, 9.17) is 9.47 Å². The lowest BCUT2D eigenvalue weighted by atomic mass is 10.1. The van der Waals surface area contributed by atoms with Crippen molar-refractivity contribution in [2.45, 2.75) is 4.90 Å². The minimum Gasteiger partial charge on any atom is -0.465 e. The molecule has 1 saturated heterocycles. The van der Waals surface area contributed by atoms with Crippen molar-refractivity contribution in [3.8, 4) is 0 Å². The van der Waals surface area contributed by atoms with Gasteiger partial charge in [0, 0.05) is 13.1 Å². The van der Waals surface area contributed by atoms with Crippen LogP contribution in [0.2, 0.25) is 0 Å². The molecule has 2 aromatic rings. The number of rotatable bonds is 9. The Morgan fingerprint density at radius 3 is 2.11 bits per heavy atom. The lowest BCUT2D eigenvalue weighted by Crippen LogP contribution is -2.40. The molecule has 0 atom stereocenters. The molecule has 0 unspecified atom stereocenters. The first-order chi connectivity index (χ1) is 17.9. The minimum atomic E-state index is -4.00. The molecule has 1 N–H and O–H groups in total. The van der Waals surface area contributed by atoms with Crippen molar-refractivity contribution in [3.63, 3.8) is 0 Å². The van der Waals surface area contributed by atoms with Crippen LogP contribution in [0, 0.1) is 0 Å². The van der Waals surface area contributed by atoms with Crippen LogP contribution < -0.4 is 9.62 Å². The molecule has 0 radical (unpaired) electrons. The van der Waals surface area contributed by atoms with Gasteiger partial charge in [-0.2, -0.15) is 4.31 Å². The number of carbonyl (C=O) groups excluding carboxylic acids is 3. The van der Waals surface area contributed by atoms with E-state index >= 15 is 0 Å². The first-order valence-electron chi connectivity index (χ1n) is 11.1. The van der Waals surface area contributed by atoms with Crippen LogP contribution in [0.4, 0.5) is 11.4 Å². The average molecular weight is 570 g/mol. The average Bonchev–Trinajstić information content (AvgIpc) is 2.90. The van der Waals surface area contributed by atoms with E-state index in [2.05, 4.69) is 10.1 Å². The number of carbonyl (C=O) groups is 3. The Labute approximate surface area is 220 Å². The molecule has 1 aliphatic rings. The predicted octanol–water partition coefficient (Wildman–Crippen LogP) is 0.685. The fourth-order valence-corrected chi connectivity index (χ4v) is 5.89. The molecule has 38 heavy (non-hydrogen) atoms. The molecule has 1 amide bonds. The van der Waals surface area contributed by atoms with Crippen LogP contribution >= 0.6 is 0 Å². The molecule has 206 valence electrons. The number of nitrogens with zero attached hydrogens (tertiary/aromatic N) is 2. The number of esters is 2. The van der Waals surface area contributed by atoms with Gasteiger partial charge in [0.05, 0.1) is 61.1 Å². The highest BCUT2D eigenvalue weighted by Gasteiger charge is 2.28. The Kier molecular flexibility index (Phi) is 9.09. The van der Waals surface area contributed by atoms with Crippen molar-refractivity contribution in [3.05, 3.63) is 53.6 Å². The zero-order valence-electron chi connectivity index (χ0n) is 20.9. The standard InChI is InChI=1S/C23H27N3O10S2/c1-34-22(28)16-4-9-19(23(29)35-2)20(14-16)24-21(27)15-26(37(3,30)31)17-5-7-18(8-6-17)38(32,33)25-10-12-36-13-11-25/h4-9,14H,10-13,15H2,1-3H3,(H,24,27). The second-order valence-corrected chi connectivity index (χ2v) is 11.9. The van der Waals surface area contributed by atoms with Gasteiger partial charge in [0.25, 0.3) is 0 Å². The third kappa shape index (κ3) is 6.66. The van der Waals surface area contributed by atoms with Crippen molar-refractivity contribution in [1.29, 1.82) is 0 Å². The highest BCUT2D eigenvalue weighted by Crippen LogP contribution is 2.24. The van der Waals surface area contributed by atoms with Crippen LogP contribution in [0.3, 0.4) is 0 Å². The largest absolute Gasteiger partial charge is 0.465 e. The van der Waals surface area contributed by atoms with E-state index in [9.17, 15) is 31.2 Å². The Hall–Kier alpha value is -3.53. The summed E-state index contributed by atoms with van der Waals surface area (Å²) in [7, 11) is -5.51. The van der Waals surface area contributed by atoms with E-state index in [1.165, 1.54) is 46.8 Å². The molecule has 1 fully saturated rings. The summed E-state index contributed by atoms with van der Waals surface area (Å²) in [5.74, 6) is -2.36. The Balaban J connectivity index is 1.86. The third-order valence-electron chi connectivity index (χ3n) is 5.54. The van der Waals surface area contributed by atoms with Crippen molar-refractivity contribution in [1.82, 2.24) is 4.31 Å². The SMILES string of the molecule is COC(=O)c1ccc(C(=O)OC)c(NC(=O)CN(c2ccc(S(=O)(=O)N3CCOCC3)cc2)S(C)(=O)=O)c1. The van der Waals surface area contributed by atoms with Gasteiger partial charge in [-0.05, 0) is 42.5 Å². The lowest BCUT2D eigenvalue weighted by molar-refractivity contribution is -0.114. The number of hydrogen-bond acceptors (Lipinski definition) is 10. The second kappa shape index (κ2) is 11.9. The summed E-state index contributed by atoms with van der Waals surface area (Å²) in [5.41, 5.74) is -0.0881. The summed E-state index contributed by atoms with van der Waals surface area (Å²) in [6.07, 6.45) is 0.885. The van der Waals surface area contributed by atoms with E-state index in [-0.39, 0.29) is 53.7 Å². The predicted molar refractivity (Wildman–Crippen MR) is 136 cm³/mol. The van der Waals surface area contributed by atoms with Crippen molar-refractivity contribution >= 4 is 49.3 Å². The monoisotopic (exact) mass is 569 g/mol. The van der Waals surface area contributed by atoms with Gasteiger partial charge in [0.2, 0.25) is 26.0 Å². The molecule has 0 aliphatic carbocycles. The topological polar surface area (TPSA) is 166 Å². The number of ether oxygens (including phenoxy) is 3. The molecule has 2 aromatic carbocycles. The van der Waals surface area contributed by atoms with E-state index in [1.54, 1.807) is 0 Å². The van der Waals surface area contributed by atoms with Crippen molar-refractivity contribution in [2.75, 3.05) is 62.9 Å². The molecular formula is C23H27N3O10S2. The Bertz CT molecular complexity index is 1420. The van der Waals surface area contributed by atoms with Gasteiger partial charge in [-0.1, -0.05) is 0 Å². The lowest BCUT2D eigenvalue weighted by Gasteiger charge is -2.26. The number of anilines is 2. The fraction of sp³-hybridized carbons (Fsp3) is 0.348. The molecule has 0 bridgehead atoms. The van der Waals surface area contributed by atoms with Crippen LogP contribution in [0.1, 0.15) is 20.7 Å². The molecule has 0 aromatic heterocycles. The van der Waals surface area contributed by atoms with Crippen LogP contribution in [-0.2, 0) is 39.1 Å². The van der Waals surface area contributed by atoms with E-state index < -0.39 is 44.4 Å². The van der Waals surface area contributed by atoms with E-state index in [1.807, 2.05) is 0 Å². The number of benzene rings is 2. The molecule has 0 spiro atoms. The smallest absolute Gasteiger partial charge is 0.339 e. The third-order valence-corrected chi connectivity index (χ3v) is 8.59. The fourth-order valence-electron chi connectivity index (χ4n) is 3.62. The van der Waals surface area contributed by atoms with Gasteiger partial charge in [-0.25, -0.2) is 26.4 Å². The quantitative estimate of drug-likeness (QED) is 0.425. The van der Waals surface area contributed by atoms with Gasteiger partial charge < -0.3 is 19.5 Å². The number of amides is 1. The summed E-state index contributed by atoms with van der Waals surface area (Å²) < 4.78 is 67.3. The van der Waals surface area contributed by atoms with Gasteiger partial charge in [0.1, 0.15) is 6.54 Å². The van der Waals surface area contributed by atoms with Crippen molar-refractivity contribution < 1.29 is 45.4 Å². The van der Waals surface area contributed by atoms with Crippen molar-refractivity contribution in [2.24, 2.45) is 0 Å². The van der Waals surface area contributed by atoms with Crippen LogP contribution in [-0.4, -0.2) is 92.3 Å². The van der Waals surface area contributed by atoms with Crippen LogP contribution in [0.15, 0.2) is 47.4 Å². The number of sulfonamides is 2. The first-order valence-corrected chi connectivity index (χ1v) is 14.4. The molecule has 1 heterocycles. The maximum atomic E-state index is 12.9. The first kappa shape index (κ1) is 29.0. The van der Waals surface area contributed by atoms with Gasteiger partial charge in [-0.3, -0.25) is 9.10 Å². The maximum Gasteiger partial charge on any atom is 0.339 e. The zero-order valence-corrected chi connectivity index (χ0v) is 22.5. The number of nitrogens with one attached hydrogen (secondary N) is 1. The molecule has 3 rings (SSSR count). The van der Waals surface area contributed by atoms with E-state index in [0.29, 0.717) is 0 Å². The number of morpholine rings is 1. The van der Waals surface area contributed by atoms with E-state index in [0.717, 1.165) is 24.8 Å². The minimum absolute atomic E-state index is 0.0347. The summed E-state index contributed by atoms with van der Waals surface area (Å²) in [4.78, 5) is 36.9. The van der Waals surface area contributed by atoms with Gasteiger partial charge in [-0.15, -0.1) is 0 Å². The highest BCUT2D eigenvalue weighted by atomic mass is 32.2. The van der Waals surface area contributed by atoms with Crippen LogP contribution in [0.5, 0.6) is 0 Å². The molecule has 1 aliphatic heterocycles. The molecule has 15 heteroatoms. The Morgan fingerprint density at radius 2 is 1.55 bits per heavy atom. The molecular weight excluding hydrogens is 542 g/mol. The summed E-state index contributed by atoms with van der Waals surface area (Å²) in [5, 5.41) is 2.43. The number of methoxy groups -OCH3 is 2. The summed E-state index contributed by atoms with van der Waals surface area (Å²) in [6, 6.07) is 8.83. The maximum absolute atomic E-state index is 12.9. The van der Waals surface area contributed by atoms with Crippen LogP contribution in [0.25, 0.3) is 0 Å². The normalized spacial score (nSPS) is 14.4. The zero-order chi connectivity index (χ0) is 28.1. The van der Waals surface area contributed by atoms with Gasteiger partial charge >= 0.3 is 11.9 Å². The Morgan fingerprint density at radius 1 is 0.947 bits per heavy atom. The molecule has 0 saturated carbocycles. The van der Waals surface area contributed by atoms with Gasteiger partial charge in [0.15, 0.2) is 0 Å².